The van der Waals surface area contributed by atoms with Crippen molar-refractivity contribution in [1.29, 1.82) is 0 Å². The first kappa shape index (κ1) is 21.9. The highest BCUT2D eigenvalue weighted by atomic mass is 32.2. The number of methoxy groups -OCH3 is 1. The number of para-hydroxylation sites is 1. The van der Waals surface area contributed by atoms with Gasteiger partial charge in [-0.15, -0.1) is 11.8 Å². The van der Waals surface area contributed by atoms with Gasteiger partial charge < -0.3 is 14.5 Å². The maximum Gasteiger partial charge on any atom is 0.240 e. The van der Waals surface area contributed by atoms with E-state index in [1.54, 1.807) is 24.8 Å². The molecule has 1 aliphatic heterocycles. The van der Waals surface area contributed by atoms with Crippen LogP contribution in [0.5, 0.6) is 5.88 Å². The van der Waals surface area contributed by atoms with Crippen molar-refractivity contribution in [3.8, 4) is 5.88 Å². The van der Waals surface area contributed by atoms with Gasteiger partial charge >= 0.3 is 0 Å². The number of guanidine groups is 1. The third-order valence-corrected chi connectivity index (χ3v) is 5.85. The lowest BCUT2D eigenvalue weighted by Gasteiger charge is -2.37. The Morgan fingerprint density at radius 1 is 1.27 bits per heavy atom. The zero-order chi connectivity index (χ0) is 21.7. The summed E-state index contributed by atoms with van der Waals surface area (Å²) in [4.78, 5) is 26.3. The van der Waals surface area contributed by atoms with Gasteiger partial charge in [0, 0.05) is 36.6 Å². The van der Waals surface area contributed by atoms with E-state index < -0.39 is 0 Å². The van der Waals surface area contributed by atoms with Crippen molar-refractivity contribution >= 4 is 34.9 Å². The number of thioether (sulfide) groups is 1. The van der Waals surface area contributed by atoms with Crippen LogP contribution in [0.4, 0.5) is 11.4 Å². The molecule has 3 rings (SSSR count). The zero-order valence-electron chi connectivity index (χ0n) is 17.7. The van der Waals surface area contributed by atoms with Crippen LogP contribution in [0.15, 0.2) is 40.2 Å². The van der Waals surface area contributed by atoms with Crippen molar-refractivity contribution in [3.05, 3.63) is 41.6 Å². The van der Waals surface area contributed by atoms with Gasteiger partial charge in [0.1, 0.15) is 5.69 Å². The second-order valence-corrected chi connectivity index (χ2v) is 7.75. The Morgan fingerprint density at radius 3 is 2.57 bits per heavy atom. The summed E-state index contributed by atoms with van der Waals surface area (Å²) in [7, 11) is 1.50. The van der Waals surface area contributed by atoms with Gasteiger partial charge in [0.05, 0.1) is 18.5 Å². The Balaban J connectivity index is 1.81. The molecule has 1 aromatic carbocycles. The molecule has 30 heavy (non-hydrogen) atoms. The molecule has 0 unspecified atom stereocenters. The molecule has 1 aliphatic rings. The lowest BCUT2D eigenvalue weighted by Crippen LogP contribution is -2.52. The molecule has 0 radical (unpaired) electrons. The summed E-state index contributed by atoms with van der Waals surface area (Å²) in [5, 5.41) is 9.73. The van der Waals surface area contributed by atoms with E-state index in [4.69, 9.17) is 4.74 Å². The predicted molar refractivity (Wildman–Crippen MR) is 120 cm³/mol. The van der Waals surface area contributed by atoms with E-state index in [9.17, 15) is 10.0 Å². The molecule has 1 aromatic heterocycles. The van der Waals surface area contributed by atoms with Crippen molar-refractivity contribution in [2.24, 2.45) is 4.99 Å². The highest BCUT2D eigenvalue weighted by molar-refractivity contribution is 7.98. The normalized spacial score (nSPS) is 14.6. The number of ketones is 1. The van der Waals surface area contributed by atoms with Crippen LogP contribution in [0.1, 0.15) is 23.0 Å². The van der Waals surface area contributed by atoms with Crippen LogP contribution in [-0.4, -0.2) is 66.4 Å². The number of benzene rings is 1. The number of hydrogen-bond acceptors (Lipinski definition) is 7. The van der Waals surface area contributed by atoms with Crippen molar-refractivity contribution in [2.75, 3.05) is 44.4 Å². The van der Waals surface area contributed by atoms with E-state index in [-0.39, 0.29) is 5.78 Å². The Bertz CT molecular complexity index is 942. The van der Waals surface area contributed by atoms with Crippen LogP contribution < -0.4 is 15.1 Å². The molecule has 1 fully saturated rings. The summed E-state index contributed by atoms with van der Waals surface area (Å²) in [5.74, 6) is 0.503. The summed E-state index contributed by atoms with van der Waals surface area (Å²) in [6.45, 7) is 6.18. The number of hydrogen-bond donors (Lipinski definition) is 2. The molecule has 0 atom stereocenters. The number of anilines is 1. The molecule has 8 nitrogen and oxygen atoms in total. The molecule has 1 saturated heterocycles. The van der Waals surface area contributed by atoms with Crippen LogP contribution in [0, 0.1) is 6.92 Å². The van der Waals surface area contributed by atoms with E-state index in [1.807, 2.05) is 17.0 Å². The highest BCUT2D eigenvalue weighted by Gasteiger charge is 2.22. The fraction of sp³-hybridized carbons (Fsp3) is 0.381. The van der Waals surface area contributed by atoms with Crippen molar-refractivity contribution in [2.45, 2.75) is 18.7 Å². The van der Waals surface area contributed by atoms with Gasteiger partial charge in [0.2, 0.25) is 11.8 Å². The van der Waals surface area contributed by atoms with Crippen LogP contribution in [-0.2, 0) is 0 Å². The number of rotatable bonds is 5. The first-order chi connectivity index (χ1) is 14.5. The minimum atomic E-state index is -0.0984. The summed E-state index contributed by atoms with van der Waals surface area (Å²) >= 11 is 1.73. The number of carbonyl (C=O) groups is 1. The first-order valence-corrected chi connectivity index (χ1v) is 10.9. The average Bonchev–Trinajstić information content (AvgIpc) is 2.77. The maximum atomic E-state index is 11.9. The van der Waals surface area contributed by atoms with Crippen molar-refractivity contribution < 1.29 is 14.7 Å². The van der Waals surface area contributed by atoms with Gasteiger partial charge in [0.25, 0.3) is 0 Å². The Hall–Kier alpha value is -2.78. The van der Waals surface area contributed by atoms with E-state index in [0.29, 0.717) is 41.9 Å². The van der Waals surface area contributed by atoms with Crippen LogP contribution in [0.25, 0.3) is 0 Å². The molecule has 0 saturated carbocycles. The molecular weight excluding hydrogens is 402 g/mol. The number of aliphatic imine (C=N–C) groups is 1. The molecule has 2 N–H and O–H groups in total. The largest absolute Gasteiger partial charge is 0.479 e. The van der Waals surface area contributed by atoms with Gasteiger partial charge in [-0.05, 0) is 38.3 Å². The Labute approximate surface area is 180 Å². The third-order valence-electron chi connectivity index (χ3n) is 5.06. The molecule has 0 aliphatic carbocycles. The Morgan fingerprint density at radius 2 is 1.97 bits per heavy atom. The van der Waals surface area contributed by atoms with Gasteiger partial charge in [-0.3, -0.25) is 10.0 Å². The number of pyridine rings is 1. The molecule has 0 amide bonds. The Kier molecular flexibility index (Phi) is 7.17. The number of carbonyl (C=O) groups excluding carboxylic acids is 1. The lowest BCUT2D eigenvalue weighted by atomic mass is 10.1. The van der Waals surface area contributed by atoms with E-state index in [0.717, 1.165) is 13.1 Å². The van der Waals surface area contributed by atoms with Crippen LogP contribution >= 0.6 is 11.8 Å². The van der Waals surface area contributed by atoms with Crippen LogP contribution in [0.3, 0.4) is 0 Å². The van der Waals surface area contributed by atoms with Gasteiger partial charge in [-0.1, -0.05) is 12.1 Å². The maximum absolute atomic E-state index is 11.9. The van der Waals surface area contributed by atoms with Gasteiger partial charge in [-0.2, -0.15) is 0 Å². The molecule has 2 heterocycles. The average molecular weight is 430 g/mol. The second-order valence-electron chi connectivity index (χ2n) is 6.90. The zero-order valence-corrected chi connectivity index (χ0v) is 18.5. The molecule has 160 valence electrons. The number of aryl methyl sites for hydroxylation is 1. The predicted octanol–water partition coefficient (Wildman–Crippen LogP) is 3.11. The van der Waals surface area contributed by atoms with Gasteiger partial charge in [0.15, 0.2) is 5.78 Å². The minimum absolute atomic E-state index is 0.0984. The third kappa shape index (κ3) is 4.68. The topological polar surface area (TPSA) is 90.3 Å². The number of Topliss-reactive ketones (excluding diaryl/α,β-unsaturated/α-hetero) is 1. The first-order valence-electron chi connectivity index (χ1n) is 9.66. The standard InChI is InChI=1S/C21H27N5O3S/c1-14-16(15(2)27)13-17(20(22-14)29-3)23-21(24-28)26-11-9-25(10-12-26)18-7-5-6-8-19(18)30-4/h5-8,13,28H,9-12H2,1-4H3,(H,23,24). The lowest BCUT2D eigenvalue weighted by molar-refractivity contribution is 0.101. The summed E-state index contributed by atoms with van der Waals surface area (Å²) in [5.41, 5.74) is 4.86. The minimum Gasteiger partial charge on any atom is -0.479 e. The number of aromatic nitrogens is 1. The fourth-order valence-corrected chi connectivity index (χ4v) is 4.11. The number of nitrogens with zero attached hydrogens (tertiary/aromatic N) is 4. The number of nitrogens with one attached hydrogen (secondary N) is 1. The SMILES string of the molecule is COc1nc(C)c(C(C)=O)cc1N=C(NO)N1CCN(c2ccccc2SC)CC1. The molecule has 0 bridgehead atoms. The van der Waals surface area contributed by atoms with Crippen molar-refractivity contribution in [1.82, 2.24) is 15.4 Å². The van der Waals surface area contributed by atoms with Gasteiger partial charge in [-0.25, -0.2) is 15.5 Å². The summed E-state index contributed by atoms with van der Waals surface area (Å²) in [6.07, 6.45) is 2.08. The fourth-order valence-electron chi connectivity index (χ4n) is 3.49. The molecule has 0 spiro atoms. The monoisotopic (exact) mass is 429 g/mol. The number of ether oxygens (including phenoxy) is 1. The van der Waals surface area contributed by atoms with E-state index >= 15 is 0 Å². The quantitative estimate of drug-likeness (QED) is 0.246. The second kappa shape index (κ2) is 9.82. The molecular formula is C21H27N5O3S. The molecule has 2 aromatic rings. The highest BCUT2D eigenvalue weighted by Crippen LogP contribution is 2.30. The summed E-state index contributed by atoms with van der Waals surface area (Å²) < 4.78 is 5.33. The van der Waals surface area contributed by atoms with E-state index in [1.165, 1.54) is 24.6 Å². The van der Waals surface area contributed by atoms with E-state index in [2.05, 4.69) is 38.7 Å². The smallest absolute Gasteiger partial charge is 0.240 e. The molecule has 9 heteroatoms. The van der Waals surface area contributed by atoms with Crippen LogP contribution in [0.2, 0.25) is 0 Å². The number of hydroxylamine groups is 1. The summed E-state index contributed by atoms with van der Waals surface area (Å²) in [6, 6.07) is 9.99. The van der Waals surface area contributed by atoms with Crippen molar-refractivity contribution in [3.63, 3.8) is 0 Å². The number of piperazine rings is 1.